The average Bonchev–Trinajstić information content (AvgIpc) is 2.27. The molecule has 0 aliphatic carbocycles. The summed E-state index contributed by atoms with van der Waals surface area (Å²) in [4.78, 5) is 0. The van der Waals surface area contributed by atoms with Crippen LogP contribution in [0.15, 0.2) is 24.5 Å². The Morgan fingerprint density at radius 1 is 0.857 bits per heavy atom. The Bertz CT molecular complexity index is 400. The molecule has 0 aromatic carbocycles. The van der Waals surface area contributed by atoms with Crippen molar-refractivity contribution in [1.82, 2.24) is 0 Å². The second kappa shape index (κ2) is 6.95. The van der Waals surface area contributed by atoms with Crippen molar-refractivity contribution >= 4 is 7.81 Å². The summed E-state index contributed by atoms with van der Waals surface area (Å²) >= 11 is 0. The molecule has 1 aromatic heterocycles. The molecule has 0 saturated heterocycles. The number of nitrogens with zero attached hydrogens (tertiary/aromatic N) is 1. The zero-order valence-electron chi connectivity index (χ0n) is 12.2. The molecule has 1 heterocycles. The summed E-state index contributed by atoms with van der Waals surface area (Å²) in [6.07, 6.45) is 11.1. The van der Waals surface area contributed by atoms with E-state index in [-0.39, 0.29) is 0 Å². The van der Waals surface area contributed by atoms with E-state index in [1.807, 2.05) is 0 Å². The van der Waals surface area contributed by atoms with Crippen molar-refractivity contribution < 1.29 is 29.7 Å². The van der Waals surface area contributed by atoms with Gasteiger partial charge >= 0.3 is 33.0 Å². The number of hydrogen-bond acceptors (Lipinski definition) is 0. The van der Waals surface area contributed by atoms with Gasteiger partial charge in [-0.15, -0.1) is 0 Å². The van der Waals surface area contributed by atoms with E-state index in [2.05, 4.69) is 42.9 Å². The molecule has 0 unspecified atom stereocenters. The number of halogens is 6. The molecule has 1 aromatic rings. The molecule has 0 radical (unpaired) electrons. The summed E-state index contributed by atoms with van der Waals surface area (Å²) in [6.45, 7) is 5.56. The number of aryl methyl sites for hydroxylation is 2. The molecule has 1 rings (SSSR count). The molecule has 21 heavy (non-hydrogen) atoms. The molecule has 0 aliphatic rings. The molecule has 0 amide bonds. The molecule has 0 atom stereocenters. The van der Waals surface area contributed by atoms with E-state index >= 15 is 0 Å². The van der Waals surface area contributed by atoms with Gasteiger partial charge in [0.05, 0.1) is 0 Å². The second-order valence-electron chi connectivity index (χ2n) is 4.99. The van der Waals surface area contributed by atoms with Crippen LogP contribution in [0.3, 0.4) is 0 Å². The Balaban J connectivity index is 0.000000486. The number of unbranched alkanes of at least 4 members (excludes halogenated alkanes) is 4. The van der Waals surface area contributed by atoms with Gasteiger partial charge in [-0.2, -0.15) is 0 Å². The molecule has 126 valence electrons. The van der Waals surface area contributed by atoms with Crippen molar-refractivity contribution in [3.8, 4) is 0 Å². The molecule has 0 saturated carbocycles. The Labute approximate surface area is 121 Å². The Morgan fingerprint density at radius 2 is 1.29 bits per heavy atom. The van der Waals surface area contributed by atoms with Crippen molar-refractivity contribution in [3.63, 3.8) is 0 Å². The van der Waals surface area contributed by atoms with Gasteiger partial charge in [-0.3, -0.25) is 0 Å². The fraction of sp³-hybridized carbons (Fsp3) is 0.615. The van der Waals surface area contributed by atoms with Crippen LogP contribution in [0.4, 0.5) is 25.2 Å². The van der Waals surface area contributed by atoms with Gasteiger partial charge in [0.1, 0.15) is 6.54 Å². The van der Waals surface area contributed by atoms with E-state index < -0.39 is 7.81 Å². The predicted molar refractivity (Wildman–Crippen MR) is 73.7 cm³/mol. The summed E-state index contributed by atoms with van der Waals surface area (Å²) in [6, 6.07) is 4.35. The van der Waals surface area contributed by atoms with Crippen molar-refractivity contribution in [3.05, 3.63) is 30.1 Å². The topological polar surface area (TPSA) is 3.88 Å². The van der Waals surface area contributed by atoms with E-state index in [1.54, 1.807) is 0 Å². The fourth-order valence-corrected chi connectivity index (χ4v) is 1.58. The van der Waals surface area contributed by atoms with Crippen molar-refractivity contribution in [1.29, 1.82) is 0 Å². The minimum atomic E-state index is -10.7. The van der Waals surface area contributed by atoms with Crippen LogP contribution in [-0.2, 0) is 6.54 Å². The van der Waals surface area contributed by atoms with Crippen LogP contribution >= 0.6 is 7.81 Å². The van der Waals surface area contributed by atoms with Gasteiger partial charge in [0.25, 0.3) is 0 Å². The first-order chi connectivity index (χ1) is 9.28. The van der Waals surface area contributed by atoms with E-state index in [9.17, 15) is 25.2 Å². The van der Waals surface area contributed by atoms with Gasteiger partial charge in [-0.05, 0) is 18.9 Å². The van der Waals surface area contributed by atoms with Crippen LogP contribution in [0, 0.1) is 6.92 Å². The summed E-state index contributed by atoms with van der Waals surface area (Å²) < 4.78 is 61.5. The van der Waals surface area contributed by atoms with Crippen LogP contribution in [0.5, 0.6) is 0 Å². The predicted octanol–water partition coefficient (Wildman–Crippen LogP) is 6.64. The molecule has 0 fully saturated rings. The molecule has 0 N–H and O–H groups in total. The fourth-order valence-electron chi connectivity index (χ4n) is 1.58. The van der Waals surface area contributed by atoms with E-state index in [4.69, 9.17) is 0 Å². The zero-order valence-corrected chi connectivity index (χ0v) is 13.1. The van der Waals surface area contributed by atoms with Crippen LogP contribution in [-0.4, -0.2) is 0 Å². The van der Waals surface area contributed by atoms with Crippen molar-refractivity contribution in [2.45, 2.75) is 52.5 Å². The normalized spacial score (nSPS) is 14.7. The Kier molecular flexibility index (Phi) is 6.67. The Morgan fingerprint density at radius 3 is 1.71 bits per heavy atom. The summed E-state index contributed by atoms with van der Waals surface area (Å²) in [5.74, 6) is 0. The quantitative estimate of drug-likeness (QED) is 0.237. The summed E-state index contributed by atoms with van der Waals surface area (Å²) in [5, 5.41) is 0. The first-order valence-corrected chi connectivity index (χ1v) is 8.83. The van der Waals surface area contributed by atoms with E-state index in [1.165, 1.54) is 44.2 Å². The molecular formula is C13H22F6NP. The number of rotatable bonds is 6. The molecule has 0 bridgehead atoms. The first-order valence-electron chi connectivity index (χ1n) is 6.80. The van der Waals surface area contributed by atoms with Gasteiger partial charge in [0, 0.05) is 18.6 Å². The summed E-state index contributed by atoms with van der Waals surface area (Å²) in [5.41, 5.74) is 1.34. The SMILES string of the molecule is CCCCCCC[n+]1ccc(C)cc1.F[P-](F)(F)(F)(F)F. The summed E-state index contributed by atoms with van der Waals surface area (Å²) in [7, 11) is -10.7. The molecule has 8 heteroatoms. The van der Waals surface area contributed by atoms with Gasteiger partial charge in [-0.25, -0.2) is 4.57 Å². The van der Waals surface area contributed by atoms with Gasteiger partial charge in [0.15, 0.2) is 12.4 Å². The third kappa shape index (κ3) is 21.6. The first kappa shape index (κ1) is 20.2. The van der Waals surface area contributed by atoms with Crippen molar-refractivity contribution in [2.75, 3.05) is 0 Å². The molecule has 0 aliphatic heterocycles. The third-order valence-corrected chi connectivity index (χ3v) is 2.58. The second-order valence-corrected chi connectivity index (χ2v) is 6.90. The standard InChI is InChI=1S/C13H22N.F6P/c1-3-4-5-6-7-10-14-11-8-13(2)9-12-14;1-7(2,3,4,5)6/h8-9,11-12H,3-7,10H2,1-2H3;/q+1;-1. The maximum absolute atomic E-state index is 10.7. The Hall–Kier alpha value is -0.840. The number of hydrogen-bond donors (Lipinski definition) is 0. The third-order valence-electron chi connectivity index (χ3n) is 2.58. The van der Waals surface area contributed by atoms with Gasteiger partial charge in [0.2, 0.25) is 0 Å². The monoisotopic (exact) mass is 337 g/mol. The van der Waals surface area contributed by atoms with Crippen LogP contribution in [0.25, 0.3) is 0 Å². The molecule has 0 spiro atoms. The van der Waals surface area contributed by atoms with E-state index in [0.717, 1.165) is 0 Å². The van der Waals surface area contributed by atoms with Crippen molar-refractivity contribution in [2.24, 2.45) is 0 Å². The van der Waals surface area contributed by atoms with Gasteiger partial charge < -0.3 is 0 Å². The van der Waals surface area contributed by atoms with Gasteiger partial charge in [-0.1, -0.05) is 26.2 Å². The van der Waals surface area contributed by atoms with Crippen LogP contribution < -0.4 is 4.57 Å². The van der Waals surface area contributed by atoms with Crippen LogP contribution in [0.2, 0.25) is 0 Å². The number of aromatic nitrogens is 1. The maximum atomic E-state index is 9.87. The minimum absolute atomic E-state index is 1.17. The van der Waals surface area contributed by atoms with Crippen LogP contribution in [0.1, 0.15) is 44.6 Å². The number of pyridine rings is 1. The average molecular weight is 337 g/mol. The molecular weight excluding hydrogens is 315 g/mol. The zero-order chi connectivity index (χ0) is 16.6. The van der Waals surface area contributed by atoms with E-state index in [0.29, 0.717) is 0 Å². The molecule has 1 nitrogen and oxygen atoms in total.